The molecule has 0 bridgehead atoms. The van der Waals surface area contributed by atoms with Gasteiger partial charge in [-0.2, -0.15) is 0 Å². The van der Waals surface area contributed by atoms with E-state index < -0.39 is 0 Å². The molecule has 0 aliphatic heterocycles. The van der Waals surface area contributed by atoms with Crippen LogP contribution in [0.2, 0.25) is 5.02 Å². The highest BCUT2D eigenvalue weighted by Crippen LogP contribution is 2.25. The molecule has 0 nitrogen and oxygen atoms in total. The molecule has 0 N–H and O–H groups in total. The first-order chi connectivity index (χ1) is 9.19. The van der Waals surface area contributed by atoms with Gasteiger partial charge in [-0.25, -0.2) is 0 Å². The molecule has 1 aromatic carbocycles. The second-order valence-corrected chi connectivity index (χ2v) is 6.59. The molecule has 0 saturated heterocycles. The van der Waals surface area contributed by atoms with Crippen LogP contribution in [-0.2, 0) is 6.42 Å². The summed E-state index contributed by atoms with van der Waals surface area (Å²) in [5, 5.41) is 1.92. The van der Waals surface area contributed by atoms with Crippen LogP contribution in [0.5, 0.6) is 0 Å². The standard InChI is InChI=1S/C17H26BrCl/c1-3-5-6-14(4-2)11-16(13-18)12-15-7-9-17(19)10-8-15/h7-10,14,16H,3-6,11-13H2,1-2H3. The SMILES string of the molecule is CCCCC(CC)CC(CBr)Cc1ccc(Cl)cc1. The Morgan fingerprint density at radius 3 is 2.32 bits per heavy atom. The van der Waals surface area contributed by atoms with Crippen molar-refractivity contribution in [3.63, 3.8) is 0 Å². The molecule has 0 aliphatic carbocycles. The minimum atomic E-state index is 0.739. The maximum Gasteiger partial charge on any atom is 0.0406 e. The summed E-state index contributed by atoms with van der Waals surface area (Å²) in [6.07, 6.45) is 7.87. The molecule has 0 saturated carbocycles. The number of unbranched alkanes of at least 4 members (excludes halogenated alkanes) is 1. The number of hydrogen-bond acceptors (Lipinski definition) is 0. The number of rotatable bonds is 9. The summed E-state index contributed by atoms with van der Waals surface area (Å²) in [5.41, 5.74) is 1.40. The number of halogens is 2. The van der Waals surface area contributed by atoms with Gasteiger partial charge in [-0.1, -0.05) is 79.2 Å². The van der Waals surface area contributed by atoms with Crippen LogP contribution in [0.3, 0.4) is 0 Å². The first kappa shape index (κ1) is 17.0. The summed E-state index contributed by atoms with van der Waals surface area (Å²) in [7, 11) is 0. The normalized spacial score (nSPS) is 14.3. The molecule has 2 atom stereocenters. The van der Waals surface area contributed by atoms with Gasteiger partial charge in [0, 0.05) is 10.4 Å². The van der Waals surface area contributed by atoms with E-state index in [4.69, 9.17) is 11.6 Å². The first-order valence-corrected chi connectivity index (χ1v) is 8.99. The van der Waals surface area contributed by atoms with Crippen molar-refractivity contribution in [3.05, 3.63) is 34.9 Å². The Balaban J connectivity index is 2.49. The molecule has 0 amide bonds. The zero-order chi connectivity index (χ0) is 14.1. The Labute approximate surface area is 132 Å². The molecule has 0 spiro atoms. The first-order valence-electron chi connectivity index (χ1n) is 7.49. The van der Waals surface area contributed by atoms with E-state index in [1.54, 1.807) is 0 Å². The molecule has 0 radical (unpaired) electrons. The number of alkyl halides is 1. The van der Waals surface area contributed by atoms with E-state index in [1.807, 2.05) is 12.1 Å². The Bertz CT molecular complexity index is 334. The van der Waals surface area contributed by atoms with Crippen molar-refractivity contribution in [2.45, 2.75) is 52.4 Å². The van der Waals surface area contributed by atoms with Crippen molar-refractivity contribution in [2.75, 3.05) is 5.33 Å². The summed E-state index contributed by atoms with van der Waals surface area (Å²) in [6.45, 7) is 4.61. The van der Waals surface area contributed by atoms with E-state index in [1.165, 1.54) is 37.7 Å². The predicted molar refractivity (Wildman–Crippen MR) is 90.4 cm³/mol. The second kappa shape index (κ2) is 9.83. The van der Waals surface area contributed by atoms with E-state index in [9.17, 15) is 0 Å². The fourth-order valence-corrected chi connectivity index (χ4v) is 3.23. The summed E-state index contributed by atoms with van der Waals surface area (Å²) < 4.78 is 0. The maximum absolute atomic E-state index is 5.94. The van der Waals surface area contributed by atoms with Gasteiger partial charge in [0.15, 0.2) is 0 Å². The highest BCUT2D eigenvalue weighted by molar-refractivity contribution is 9.09. The zero-order valence-electron chi connectivity index (χ0n) is 12.2. The Hall–Kier alpha value is -0.0100. The van der Waals surface area contributed by atoms with Crippen LogP contribution in [0.1, 0.15) is 51.5 Å². The van der Waals surface area contributed by atoms with Crippen LogP contribution in [0, 0.1) is 11.8 Å². The number of benzene rings is 1. The summed E-state index contributed by atoms with van der Waals surface area (Å²) in [4.78, 5) is 0. The predicted octanol–water partition coefficient (Wildman–Crippen LogP) is 6.50. The van der Waals surface area contributed by atoms with Crippen molar-refractivity contribution >= 4 is 27.5 Å². The molecule has 0 fully saturated rings. The van der Waals surface area contributed by atoms with Crippen LogP contribution in [-0.4, -0.2) is 5.33 Å². The lowest BCUT2D eigenvalue weighted by Gasteiger charge is -2.21. The van der Waals surface area contributed by atoms with E-state index in [0.29, 0.717) is 0 Å². The van der Waals surface area contributed by atoms with Gasteiger partial charge < -0.3 is 0 Å². The smallest absolute Gasteiger partial charge is 0.0406 e. The Morgan fingerprint density at radius 1 is 1.11 bits per heavy atom. The highest BCUT2D eigenvalue weighted by Gasteiger charge is 2.15. The van der Waals surface area contributed by atoms with Crippen molar-refractivity contribution in [2.24, 2.45) is 11.8 Å². The lowest BCUT2D eigenvalue weighted by molar-refractivity contribution is 0.355. The molecule has 0 aromatic heterocycles. The van der Waals surface area contributed by atoms with Crippen molar-refractivity contribution in [1.82, 2.24) is 0 Å². The van der Waals surface area contributed by atoms with Crippen LogP contribution < -0.4 is 0 Å². The van der Waals surface area contributed by atoms with Crippen molar-refractivity contribution < 1.29 is 0 Å². The summed E-state index contributed by atoms with van der Waals surface area (Å²) >= 11 is 9.62. The van der Waals surface area contributed by atoms with E-state index >= 15 is 0 Å². The summed E-state index contributed by atoms with van der Waals surface area (Å²) in [6, 6.07) is 8.31. The van der Waals surface area contributed by atoms with Gasteiger partial charge in [-0.05, 0) is 42.4 Å². The van der Waals surface area contributed by atoms with Gasteiger partial charge in [-0.3, -0.25) is 0 Å². The average Bonchev–Trinajstić information content (AvgIpc) is 2.44. The fraction of sp³-hybridized carbons (Fsp3) is 0.647. The van der Waals surface area contributed by atoms with E-state index in [0.717, 1.165) is 28.6 Å². The lowest BCUT2D eigenvalue weighted by atomic mass is 9.86. The average molecular weight is 346 g/mol. The summed E-state index contributed by atoms with van der Waals surface area (Å²) in [5.74, 6) is 1.62. The molecule has 1 aromatic rings. The van der Waals surface area contributed by atoms with Gasteiger partial charge in [0.25, 0.3) is 0 Å². The topological polar surface area (TPSA) is 0 Å². The van der Waals surface area contributed by atoms with Crippen molar-refractivity contribution in [3.8, 4) is 0 Å². The third kappa shape index (κ3) is 6.81. The van der Waals surface area contributed by atoms with Crippen LogP contribution in [0.4, 0.5) is 0 Å². The second-order valence-electron chi connectivity index (χ2n) is 5.50. The van der Waals surface area contributed by atoms with Gasteiger partial charge >= 0.3 is 0 Å². The molecule has 1 rings (SSSR count). The molecule has 108 valence electrons. The minimum absolute atomic E-state index is 0.739. The molecule has 2 heteroatoms. The van der Waals surface area contributed by atoms with E-state index in [2.05, 4.69) is 41.9 Å². The van der Waals surface area contributed by atoms with Gasteiger partial charge in [0.05, 0.1) is 0 Å². The molecule has 0 aliphatic rings. The monoisotopic (exact) mass is 344 g/mol. The van der Waals surface area contributed by atoms with Crippen LogP contribution in [0.15, 0.2) is 24.3 Å². The van der Waals surface area contributed by atoms with Gasteiger partial charge in [0.1, 0.15) is 0 Å². The lowest BCUT2D eigenvalue weighted by Crippen LogP contribution is -2.12. The minimum Gasteiger partial charge on any atom is -0.0925 e. The molecular formula is C17H26BrCl. The van der Waals surface area contributed by atoms with E-state index in [-0.39, 0.29) is 0 Å². The Morgan fingerprint density at radius 2 is 1.79 bits per heavy atom. The zero-order valence-corrected chi connectivity index (χ0v) is 14.5. The number of hydrogen-bond donors (Lipinski definition) is 0. The largest absolute Gasteiger partial charge is 0.0925 e. The molecule has 19 heavy (non-hydrogen) atoms. The van der Waals surface area contributed by atoms with Crippen LogP contribution in [0.25, 0.3) is 0 Å². The molecule has 0 heterocycles. The third-order valence-corrected chi connectivity index (χ3v) is 5.03. The molecular weight excluding hydrogens is 320 g/mol. The maximum atomic E-state index is 5.94. The van der Waals surface area contributed by atoms with Crippen LogP contribution >= 0.6 is 27.5 Å². The Kier molecular flexibility index (Phi) is 8.81. The fourth-order valence-electron chi connectivity index (χ4n) is 2.61. The van der Waals surface area contributed by atoms with Gasteiger partial charge in [-0.15, -0.1) is 0 Å². The quantitative estimate of drug-likeness (QED) is 0.448. The highest BCUT2D eigenvalue weighted by atomic mass is 79.9. The van der Waals surface area contributed by atoms with Crippen molar-refractivity contribution in [1.29, 1.82) is 0 Å². The molecule has 2 unspecified atom stereocenters. The van der Waals surface area contributed by atoms with Gasteiger partial charge in [0.2, 0.25) is 0 Å². The third-order valence-electron chi connectivity index (χ3n) is 3.87.